The molecule has 4 rings (SSSR count). The highest BCUT2D eigenvalue weighted by Crippen LogP contribution is 2.41. The highest BCUT2D eigenvalue weighted by atomic mass is 32.2. The number of nitrogens with one attached hydrogen (secondary N) is 1. The van der Waals surface area contributed by atoms with E-state index < -0.39 is 0 Å². The molecule has 0 saturated carbocycles. The number of nitriles is 1. The van der Waals surface area contributed by atoms with Crippen LogP contribution in [0.2, 0.25) is 0 Å². The minimum absolute atomic E-state index is 0.394. The number of nitrogens with zero attached hydrogens (tertiary/aromatic N) is 2. The quantitative estimate of drug-likeness (QED) is 0.665. The lowest BCUT2D eigenvalue weighted by Crippen LogP contribution is -2.28. The van der Waals surface area contributed by atoms with Crippen molar-refractivity contribution in [2.24, 2.45) is 0 Å². The maximum atomic E-state index is 9.39. The number of benzene rings is 2. The molecule has 0 fully saturated rings. The smallest absolute Gasteiger partial charge is 0.119 e. The van der Waals surface area contributed by atoms with Gasteiger partial charge in [-0.3, -0.25) is 0 Å². The number of fused-ring (bicyclic) bond motifs is 1. The second-order valence-corrected chi connectivity index (χ2v) is 7.95. The van der Waals surface area contributed by atoms with Crippen molar-refractivity contribution in [3.8, 4) is 6.07 Å². The Morgan fingerprint density at radius 3 is 2.74 bits per heavy atom. The lowest BCUT2D eigenvalue weighted by atomic mass is 9.88. The first-order valence-corrected chi connectivity index (χ1v) is 10.1. The number of pyridine rings is 1. The molecule has 0 spiro atoms. The zero-order valence-corrected chi connectivity index (χ0v) is 15.8. The molecular weight excluding hydrogens is 350 g/mol. The van der Waals surface area contributed by atoms with E-state index in [1.807, 2.05) is 42.2 Å². The first-order valence-electron chi connectivity index (χ1n) is 9.23. The summed E-state index contributed by atoms with van der Waals surface area (Å²) in [5.41, 5.74) is 4.39. The van der Waals surface area contributed by atoms with Gasteiger partial charge >= 0.3 is 0 Å². The third kappa shape index (κ3) is 3.99. The van der Waals surface area contributed by atoms with Crippen LogP contribution >= 0.6 is 11.8 Å². The molecule has 134 valence electrons. The van der Waals surface area contributed by atoms with E-state index >= 15 is 0 Å². The van der Waals surface area contributed by atoms with Gasteiger partial charge in [-0.25, -0.2) is 4.98 Å². The molecule has 1 N–H and O–H groups in total. The summed E-state index contributed by atoms with van der Waals surface area (Å²) in [5, 5.41) is 14.4. The van der Waals surface area contributed by atoms with Crippen molar-refractivity contribution in [2.45, 2.75) is 29.0 Å². The zero-order chi connectivity index (χ0) is 18.5. The van der Waals surface area contributed by atoms with E-state index in [1.54, 1.807) is 0 Å². The zero-order valence-electron chi connectivity index (χ0n) is 15.0. The van der Waals surface area contributed by atoms with Crippen LogP contribution < -0.4 is 5.32 Å². The van der Waals surface area contributed by atoms with Gasteiger partial charge in [0.2, 0.25) is 0 Å². The average Bonchev–Trinajstić information content (AvgIpc) is 2.75. The van der Waals surface area contributed by atoms with Crippen LogP contribution in [0.4, 0.5) is 5.69 Å². The lowest BCUT2D eigenvalue weighted by Gasteiger charge is -2.31. The molecule has 3 nitrogen and oxygen atoms in total. The number of hydrogen-bond donors (Lipinski definition) is 1. The van der Waals surface area contributed by atoms with Crippen molar-refractivity contribution >= 4 is 17.4 Å². The maximum Gasteiger partial charge on any atom is 0.119 e. The van der Waals surface area contributed by atoms with E-state index in [2.05, 4.69) is 58.8 Å². The molecule has 2 atom stereocenters. The number of thioether (sulfide) groups is 1. The van der Waals surface area contributed by atoms with Gasteiger partial charge in [0.05, 0.1) is 17.3 Å². The summed E-state index contributed by atoms with van der Waals surface area (Å²) in [6, 6.07) is 25.0. The van der Waals surface area contributed by atoms with E-state index in [9.17, 15) is 5.26 Å². The molecule has 0 saturated heterocycles. The summed E-state index contributed by atoms with van der Waals surface area (Å²) < 4.78 is 0. The van der Waals surface area contributed by atoms with Crippen molar-refractivity contribution in [3.05, 3.63) is 89.6 Å². The topological polar surface area (TPSA) is 48.7 Å². The standard InChI is InChI=1S/C23H21N3S/c24-15-19-10-5-4-7-17(19)12-13-20(18-8-2-1-3-9-18)22-16-26-21-11-6-14-25-23(21)27-22/h1-11,14,20,22,26H,12-13,16H2/t20-,22+/m1/s1. The Balaban J connectivity index is 1.58. The Morgan fingerprint density at radius 2 is 1.89 bits per heavy atom. The summed E-state index contributed by atoms with van der Waals surface area (Å²) in [4.78, 5) is 4.55. The fourth-order valence-electron chi connectivity index (χ4n) is 3.67. The molecule has 1 aliphatic heterocycles. The highest BCUT2D eigenvalue weighted by Gasteiger charge is 2.28. The maximum absolute atomic E-state index is 9.39. The largest absolute Gasteiger partial charge is 0.382 e. The predicted octanol–water partition coefficient (Wildman–Crippen LogP) is 5.26. The van der Waals surface area contributed by atoms with Gasteiger partial charge in [-0.05, 0) is 48.1 Å². The average molecular weight is 372 g/mol. The molecule has 0 unspecified atom stereocenters. The van der Waals surface area contributed by atoms with Gasteiger partial charge in [0.1, 0.15) is 5.03 Å². The van der Waals surface area contributed by atoms with Crippen LogP contribution in [-0.4, -0.2) is 16.8 Å². The molecule has 1 aromatic heterocycles. The van der Waals surface area contributed by atoms with Gasteiger partial charge in [0.15, 0.2) is 0 Å². The van der Waals surface area contributed by atoms with E-state index in [0.717, 1.165) is 41.2 Å². The molecule has 0 aliphatic carbocycles. The Bertz CT molecular complexity index is 949. The number of aryl methyl sites for hydroxylation is 1. The summed E-state index contributed by atoms with van der Waals surface area (Å²) in [5.74, 6) is 0.394. The molecule has 2 heterocycles. The Hall–Kier alpha value is -2.77. The third-order valence-electron chi connectivity index (χ3n) is 5.07. The highest BCUT2D eigenvalue weighted by molar-refractivity contribution is 8.00. The molecule has 2 aromatic carbocycles. The molecular formula is C23H21N3S. The van der Waals surface area contributed by atoms with Gasteiger partial charge in [-0.15, -0.1) is 0 Å². The van der Waals surface area contributed by atoms with Crippen LogP contribution in [0.15, 0.2) is 78.0 Å². The van der Waals surface area contributed by atoms with Crippen LogP contribution in [-0.2, 0) is 6.42 Å². The molecule has 0 radical (unpaired) electrons. The minimum Gasteiger partial charge on any atom is -0.382 e. The molecule has 27 heavy (non-hydrogen) atoms. The van der Waals surface area contributed by atoms with Crippen LogP contribution in [0.3, 0.4) is 0 Å². The molecule has 0 amide bonds. The fraction of sp³-hybridized carbons (Fsp3) is 0.217. The summed E-state index contributed by atoms with van der Waals surface area (Å²) in [7, 11) is 0. The fourth-order valence-corrected chi connectivity index (χ4v) is 4.96. The van der Waals surface area contributed by atoms with Crippen molar-refractivity contribution in [3.63, 3.8) is 0 Å². The molecule has 0 bridgehead atoms. The lowest BCUT2D eigenvalue weighted by molar-refractivity contribution is 0.601. The van der Waals surface area contributed by atoms with E-state index in [4.69, 9.17) is 0 Å². The van der Waals surface area contributed by atoms with Gasteiger partial charge in [-0.2, -0.15) is 5.26 Å². The predicted molar refractivity (Wildman–Crippen MR) is 111 cm³/mol. The summed E-state index contributed by atoms with van der Waals surface area (Å²) in [6.45, 7) is 0.919. The number of anilines is 1. The first-order chi connectivity index (χ1) is 13.3. The summed E-state index contributed by atoms with van der Waals surface area (Å²) in [6.07, 6.45) is 3.76. The molecule has 4 heteroatoms. The minimum atomic E-state index is 0.394. The second-order valence-electron chi connectivity index (χ2n) is 6.72. The molecule has 3 aromatic rings. The Labute approximate surface area is 164 Å². The van der Waals surface area contributed by atoms with Crippen molar-refractivity contribution in [2.75, 3.05) is 11.9 Å². The van der Waals surface area contributed by atoms with Crippen molar-refractivity contribution in [1.82, 2.24) is 4.98 Å². The summed E-state index contributed by atoms with van der Waals surface area (Å²) >= 11 is 1.87. The van der Waals surface area contributed by atoms with Crippen LogP contribution in [0, 0.1) is 11.3 Å². The van der Waals surface area contributed by atoms with E-state index in [1.165, 1.54) is 5.56 Å². The van der Waals surface area contributed by atoms with Crippen LogP contribution in [0.25, 0.3) is 0 Å². The van der Waals surface area contributed by atoms with Gasteiger partial charge in [-0.1, -0.05) is 60.3 Å². The third-order valence-corrected chi connectivity index (χ3v) is 6.41. The monoisotopic (exact) mass is 371 g/mol. The van der Waals surface area contributed by atoms with Gasteiger partial charge < -0.3 is 5.32 Å². The second kappa shape index (κ2) is 8.28. The Morgan fingerprint density at radius 1 is 1.07 bits per heavy atom. The Kier molecular flexibility index (Phi) is 5.41. The number of aromatic nitrogens is 1. The SMILES string of the molecule is N#Cc1ccccc1CC[C@H](c1ccccc1)[C@@H]1CNc2cccnc2S1. The van der Waals surface area contributed by atoms with Crippen LogP contribution in [0.5, 0.6) is 0 Å². The van der Waals surface area contributed by atoms with Crippen molar-refractivity contribution in [1.29, 1.82) is 5.26 Å². The first kappa shape index (κ1) is 17.6. The van der Waals surface area contributed by atoms with Gasteiger partial charge in [0, 0.05) is 18.0 Å². The van der Waals surface area contributed by atoms with E-state index in [-0.39, 0.29) is 0 Å². The van der Waals surface area contributed by atoms with Crippen LogP contribution in [0.1, 0.15) is 29.0 Å². The molecule has 1 aliphatic rings. The normalized spacial score (nSPS) is 16.6. The van der Waals surface area contributed by atoms with Crippen molar-refractivity contribution < 1.29 is 0 Å². The number of rotatable bonds is 5. The van der Waals surface area contributed by atoms with Gasteiger partial charge in [0.25, 0.3) is 0 Å². The van der Waals surface area contributed by atoms with E-state index in [0.29, 0.717) is 11.2 Å². The number of hydrogen-bond acceptors (Lipinski definition) is 4.